The molecule has 6 heterocycles. The summed E-state index contributed by atoms with van der Waals surface area (Å²) in [6, 6.07) is 17.0. The number of aromatic nitrogens is 6. The molecule has 1 aliphatic rings. The molecule has 6 aromatic rings. The number of hydrogen-bond acceptors (Lipinski definition) is 5. The van der Waals surface area contributed by atoms with Gasteiger partial charge < -0.3 is 4.98 Å². The predicted molar refractivity (Wildman–Crippen MR) is 142 cm³/mol. The predicted octanol–water partition coefficient (Wildman–Crippen LogP) is 5.83. The Morgan fingerprint density at radius 1 is 0.806 bits per heavy atom. The Balaban J connectivity index is 1.28. The van der Waals surface area contributed by atoms with Crippen LogP contribution in [-0.4, -0.2) is 48.1 Å². The zero-order valence-corrected chi connectivity index (χ0v) is 19.8. The van der Waals surface area contributed by atoms with Crippen molar-refractivity contribution >= 4 is 21.9 Å². The first kappa shape index (κ1) is 21.0. The van der Waals surface area contributed by atoms with Crippen molar-refractivity contribution in [2.24, 2.45) is 0 Å². The molecule has 1 saturated heterocycles. The van der Waals surface area contributed by atoms with Gasteiger partial charge in [0.2, 0.25) is 0 Å². The lowest BCUT2D eigenvalue weighted by atomic mass is 10.0. The highest BCUT2D eigenvalue weighted by molar-refractivity contribution is 6.01. The van der Waals surface area contributed by atoms with Gasteiger partial charge in [0.1, 0.15) is 0 Å². The molecule has 1 aliphatic heterocycles. The zero-order valence-electron chi connectivity index (χ0n) is 19.8. The number of nitrogens with one attached hydrogen (secondary N) is 2. The minimum absolute atomic E-state index is 0.697. The van der Waals surface area contributed by atoms with Gasteiger partial charge >= 0.3 is 0 Å². The molecule has 0 unspecified atom stereocenters. The summed E-state index contributed by atoms with van der Waals surface area (Å²) >= 11 is 0. The number of likely N-dealkylation sites (tertiary alicyclic amines) is 1. The number of rotatable bonds is 5. The molecule has 0 amide bonds. The van der Waals surface area contributed by atoms with Gasteiger partial charge in [-0.15, -0.1) is 0 Å². The van der Waals surface area contributed by atoms with E-state index < -0.39 is 0 Å². The molecule has 1 fully saturated rings. The van der Waals surface area contributed by atoms with E-state index in [1.54, 1.807) is 0 Å². The van der Waals surface area contributed by atoms with Crippen molar-refractivity contribution in [3.63, 3.8) is 0 Å². The van der Waals surface area contributed by atoms with Crippen LogP contribution in [0.2, 0.25) is 0 Å². The second kappa shape index (κ2) is 8.70. The van der Waals surface area contributed by atoms with Crippen molar-refractivity contribution in [1.29, 1.82) is 0 Å². The van der Waals surface area contributed by atoms with Crippen molar-refractivity contribution in [2.75, 3.05) is 13.1 Å². The van der Waals surface area contributed by atoms with E-state index in [1.165, 1.54) is 37.1 Å². The average Bonchev–Trinajstić information content (AvgIpc) is 3.68. The van der Waals surface area contributed by atoms with Crippen LogP contribution >= 0.6 is 0 Å². The average molecular weight is 472 g/mol. The van der Waals surface area contributed by atoms with E-state index >= 15 is 0 Å². The van der Waals surface area contributed by atoms with Crippen molar-refractivity contribution in [3.05, 3.63) is 85.1 Å². The fourth-order valence-electron chi connectivity index (χ4n) is 5.27. The van der Waals surface area contributed by atoms with E-state index in [0.29, 0.717) is 5.65 Å². The van der Waals surface area contributed by atoms with Crippen molar-refractivity contribution in [1.82, 2.24) is 35.0 Å². The molecule has 7 heteroatoms. The summed E-state index contributed by atoms with van der Waals surface area (Å²) < 4.78 is 0. The van der Waals surface area contributed by atoms with Gasteiger partial charge in [0.15, 0.2) is 5.65 Å². The van der Waals surface area contributed by atoms with Crippen LogP contribution in [0.15, 0.2) is 79.5 Å². The number of hydrogen-bond donors (Lipinski definition) is 2. The SMILES string of the molecule is c1cc(-c2ccncc2)c2cc(-c3[nH]nc4ncc(-c5cncc(CN6CCCC6)c5)cc34)[nH]c2c1. The third-order valence-electron chi connectivity index (χ3n) is 7.07. The van der Waals surface area contributed by atoms with Crippen molar-refractivity contribution < 1.29 is 0 Å². The lowest BCUT2D eigenvalue weighted by Crippen LogP contribution is -2.18. The maximum atomic E-state index is 4.65. The van der Waals surface area contributed by atoms with E-state index in [2.05, 4.69) is 71.4 Å². The van der Waals surface area contributed by atoms with Gasteiger partial charge in [0, 0.05) is 64.9 Å². The molecular formula is C29H25N7. The molecule has 7 nitrogen and oxygen atoms in total. The van der Waals surface area contributed by atoms with Crippen LogP contribution in [0.3, 0.4) is 0 Å². The molecule has 5 aromatic heterocycles. The van der Waals surface area contributed by atoms with Gasteiger partial charge in [0.25, 0.3) is 0 Å². The third-order valence-corrected chi connectivity index (χ3v) is 7.07. The first-order chi connectivity index (χ1) is 17.8. The molecule has 1 aromatic carbocycles. The van der Waals surface area contributed by atoms with Gasteiger partial charge in [0.05, 0.1) is 11.4 Å². The standard InChI is InChI=1S/C29H25N7/c1-2-11-36(10-1)18-19-12-21(16-31-15-19)22-13-25-28(34-35-29(25)32-17-22)27-14-24-23(4-3-5-26(24)33-27)20-6-8-30-9-7-20/h3-9,12-17,33H,1-2,10-11,18H2,(H,32,34,35). The number of pyridine rings is 3. The molecular weight excluding hydrogens is 446 g/mol. The summed E-state index contributed by atoms with van der Waals surface area (Å²) in [5, 5.41) is 9.83. The van der Waals surface area contributed by atoms with Gasteiger partial charge in [-0.2, -0.15) is 5.10 Å². The number of aromatic amines is 2. The largest absolute Gasteiger partial charge is 0.353 e. The van der Waals surface area contributed by atoms with Gasteiger partial charge in [-0.25, -0.2) is 4.98 Å². The van der Waals surface area contributed by atoms with Crippen LogP contribution in [0.4, 0.5) is 0 Å². The second-order valence-corrected chi connectivity index (χ2v) is 9.44. The highest BCUT2D eigenvalue weighted by atomic mass is 15.2. The minimum Gasteiger partial charge on any atom is -0.353 e. The van der Waals surface area contributed by atoms with Crippen LogP contribution in [-0.2, 0) is 6.54 Å². The van der Waals surface area contributed by atoms with Crippen LogP contribution < -0.4 is 0 Å². The normalized spacial score (nSPS) is 14.2. The lowest BCUT2D eigenvalue weighted by Gasteiger charge is -2.14. The van der Waals surface area contributed by atoms with Gasteiger partial charge in [-0.1, -0.05) is 12.1 Å². The highest BCUT2D eigenvalue weighted by Gasteiger charge is 2.16. The molecule has 0 aliphatic carbocycles. The number of H-pyrrole nitrogens is 2. The molecule has 2 N–H and O–H groups in total. The Morgan fingerprint density at radius 2 is 1.67 bits per heavy atom. The number of nitrogens with zero attached hydrogens (tertiary/aromatic N) is 5. The summed E-state index contributed by atoms with van der Waals surface area (Å²) in [5.41, 5.74) is 9.33. The first-order valence-electron chi connectivity index (χ1n) is 12.4. The smallest absolute Gasteiger partial charge is 0.181 e. The molecule has 0 radical (unpaired) electrons. The number of benzene rings is 1. The van der Waals surface area contributed by atoms with E-state index in [1.807, 2.05) is 43.1 Å². The summed E-state index contributed by atoms with van der Waals surface area (Å²) in [6.45, 7) is 3.29. The van der Waals surface area contributed by atoms with Gasteiger partial charge in [-0.3, -0.25) is 20.0 Å². The number of fused-ring (bicyclic) bond motifs is 2. The van der Waals surface area contributed by atoms with E-state index in [4.69, 9.17) is 0 Å². The summed E-state index contributed by atoms with van der Waals surface area (Å²) in [4.78, 5) is 19.4. The van der Waals surface area contributed by atoms with Crippen LogP contribution in [0.25, 0.3) is 55.6 Å². The van der Waals surface area contributed by atoms with Crippen LogP contribution in [0.1, 0.15) is 18.4 Å². The quantitative estimate of drug-likeness (QED) is 0.331. The Hall–Kier alpha value is -4.36. The monoisotopic (exact) mass is 471 g/mol. The Bertz CT molecular complexity index is 1680. The minimum atomic E-state index is 0.697. The summed E-state index contributed by atoms with van der Waals surface area (Å²) in [5.74, 6) is 0. The zero-order chi connectivity index (χ0) is 23.9. The Labute approximate surface area is 208 Å². The van der Waals surface area contributed by atoms with E-state index in [9.17, 15) is 0 Å². The van der Waals surface area contributed by atoms with Crippen molar-refractivity contribution in [2.45, 2.75) is 19.4 Å². The fourth-order valence-corrected chi connectivity index (χ4v) is 5.27. The third kappa shape index (κ3) is 3.74. The van der Waals surface area contributed by atoms with Crippen LogP contribution in [0, 0.1) is 0 Å². The van der Waals surface area contributed by atoms with Gasteiger partial charge in [-0.05, 0) is 79.0 Å². The summed E-state index contributed by atoms with van der Waals surface area (Å²) in [7, 11) is 0. The molecule has 7 rings (SSSR count). The van der Waals surface area contributed by atoms with Crippen molar-refractivity contribution in [3.8, 4) is 33.6 Å². The van der Waals surface area contributed by atoms with E-state index in [0.717, 1.165) is 50.9 Å². The summed E-state index contributed by atoms with van der Waals surface area (Å²) in [6.07, 6.45) is 12.0. The first-order valence-corrected chi connectivity index (χ1v) is 12.4. The highest BCUT2D eigenvalue weighted by Crippen LogP contribution is 2.34. The Kier molecular flexibility index (Phi) is 5.06. The molecule has 0 bridgehead atoms. The topological polar surface area (TPSA) is 86.4 Å². The Morgan fingerprint density at radius 3 is 2.56 bits per heavy atom. The molecule has 176 valence electrons. The maximum Gasteiger partial charge on any atom is 0.181 e. The maximum absolute atomic E-state index is 4.65. The van der Waals surface area contributed by atoms with E-state index in [-0.39, 0.29) is 0 Å². The lowest BCUT2D eigenvalue weighted by molar-refractivity contribution is 0.331. The molecule has 0 spiro atoms. The second-order valence-electron chi connectivity index (χ2n) is 9.44. The fraction of sp³-hybridized carbons (Fsp3) is 0.172. The molecule has 0 saturated carbocycles. The van der Waals surface area contributed by atoms with Crippen LogP contribution in [0.5, 0.6) is 0 Å². The molecule has 0 atom stereocenters. The molecule has 36 heavy (non-hydrogen) atoms.